The third kappa shape index (κ3) is 4.13. The second-order valence-electron chi connectivity index (χ2n) is 10.6. The van der Waals surface area contributed by atoms with E-state index in [9.17, 15) is 0 Å². The van der Waals surface area contributed by atoms with Crippen LogP contribution in [-0.4, -0.2) is 0 Å². The molecule has 0 atom stereocenters. The Hall–Kier alpha value is -5.60. The SMILES string of the molecule is c1ccc(N(c2cccc(-c3ccc4ccccc4c3)c2)c2ccccc2-c2cccc3c2oc2ccccc23)cc1. The molecule has 0 radical (unpaired) electrons. The van der Waals surface area contributed by atoms with E-state index in [0.717, 1.165) is 50.1 Å². The minimum absolute atomic E-state index is 0.903. The summed E-state index contributed by atoms with van der Waals surface area (Å²) in [4.78, 5) is 2.35. The second kappa shape index (κ2) is 10.1. The summed E-state index contributed by atoms with van der Waals surface area (Å²) in [5, 5.41) is 4.75. The molecule has 1 heterocycles. The molecule has 0 bridgehead atoms. The molecule has 1 aromatic heterocycles. The first-order chi connectivity index (χ1) is 20.8. The molecule has 0 aliphatic heterocycles. The van der Waals surface area contributed by atoms with Crippen LogP contribution in [0.25, 0.3) is 55.0 Å². The average molecular weight is 538 g/mol. The van der Waals surface area contributed by atoms with E-state index in [4.69, 9.17) is 4.42 Å². The molecule has 0 amide bonds. The van der Waals surface area contributed by atoms with Crippen molar-refractivity contribution < 1.29 is 4.42 Å². The van der Waals surface area contributed by atoms with Gasteiger partial charge in [-0.1, -0.05) is 121 Å². The number of anilines is 3. The number of fused-ring (bicyclic) bond motifs is 4. The minimum Gasteiger partial charge on any atom is -0.455 e. The van der Waals surface area contributed by atoms with Crippen LogP contribution in [0.5, 0.6) is 0 Å². The van der Waals surface area contributed by atoms with Crippen molar-refractivity contribution in [3.05, 3.63) is 164 Å². The highest BCUT2D eigenvalue weighted by atomic mass is 16.3. The van der Waals surface area contributed by atoms with Crippen LogP contribution in [0, 0.1) is 0 Å². The molecule has 0 saturated heterocycles. The smallest absolute Gasteiger partial charge is 0.143 e. The number of hydrogen-bond donors (Lipinski definition) is 0. The van der Waals surface area contributed by atoms with Crippen molar-refractivity contribution in [2.45, 2.75) is 0 Å². The number of para-hydroxylation sites is 4. The molecule has 2 heteroatoms. The van der Waals surface area contributed by atoms with Gasteiger partial charge < -0.3 is 9.32 Å². The highest BCUT2D eigenvalue weighted by Gasteiger charge is 2.20. The molecule has 0 saturated carbocycles. The summed E-state index contributed by atoms with van der Waals surface area (Å²) < 4.78 is 6.48. The largest absolute Gasteiger partial charge is 0.455 e. The Balaban J connectivity index is 1.32. The van der Waals surface area contributed by atoms with Gasteiger partial charge in [0.1, 0.15) is 11.2 Å². The van der Waals surface area contributed by atoms with Crippen molar-refractivity contribution in [3.63, 3.8) is 0 Å². The van der Waals surface area contributed by atoms with Gasteiger partial charge in [0.25, 0.3) is 0 Å². The Bertz CT molecular complexity index is 2210. The summed E-state index contributed by atoms with van der Waals surface area (Å²) in [6.45, 7) is 0. The molecular weight excluding hydrogens is 510 g/mol. The third-order valence-electron chi connectivity index (χ3n) is 8.04. The summed E-state index contributed by atoms with van der Waals surface area (Å²) in [6, 6.07) is 57.9. The maximum atomic E-state index is 6.48. The van der Waals surface area contributed by atoms with Crippen LogP contribution in [-0.2, 0) is 0 Å². The molecule has 8 aromatic rings. The van der Waals surface area contributed by atoms with Crippen LogP contribution in [0.15, 0.2) is 168 Å². The molecule has 0 fully saturated rings. The molecule has 0 aliphatic rings. The lowest BCUT2D eigenvalue weighted by molar-refractivity contribution is 0.670. The lowest BCUT2D eigenvalue weighted by atomic mass is 9.98. The maximum absolute atomic E-state index is 6.48. The van der Waals surface area contributed by atoms with Crippen molar-refractivity contribution in [2.75, 3.05) is 4.90 Å². The zero-order valence-corrected chi connectivity index (χ0v) is 22.9. The van der Waals surface area contributed by atoms with Gasteiger partial charge in [-0.25, -0.2) is 0 Å². The summed E-state index contributed by atoms with van der Waals surface area (Å²) in [7, 11) is 0. The van der Waals surface area contributed by atoms with Crippen LogP contribution in [0.2, 0.25) is 0 Å². The van der Waals surface area contributed by atoms with E-state index in [0.29, 0.717) is 0 Å². The monoisotopic (exact) mass is 537 g/mol. The average Bonchev–Trinajstić information content (AvgIpc) is 3.45. The van der Waals surface area contributed by atoms with Gasteiger partial charge in [-0.2, -0.15) is 0 Å². The molecule has 7 aromatic carbocycles. The normalized spacial score (nSPS) is 11.3. The predicted octanol–water partition coefficient (Wildman–Crippen LogP) is 11.5. The molecular formula is C40H27NO. The lowest BCUT2D eigenvalue weighted by Crippen LogP contribution is -2.11. The van der Waals surface area contributed by atoms with E-state index in [1.165, 1.54) is 21.9 Å². The van der Waals surface area contributed by atoms with Crippen LogP contribution in [0.3, 0.4) is 0 Å². The highest BCUT2D eigenvalue weighted by molar-refractivity contribution is 6.10. The molecule has 0 unspecified atom stereocenters. The third-order valence-corrected chi connectivity index (χ3v) is 8.04. The number of furan rings is 1. The summed E-state index contributed by atoms with van der Waals surface area (Å²) in [5.74, 6) is 0. The Kier molecular flexibility index (Phi) is 5.82. The zero-order chi connectivity index (χ0) is 27.9. The minimum atomic E-state index is 0.903. The summed E-state index contributed by atoms with van der Waals surface area (Å²) in [5.41, 5.74) is 9.65. The second-order valence-corrected chi connectivity index (χ2v) is 10.6. The van der Waals surface area contributed by atoms with E-state index < -0.39 is 0 Å². The number of benzene rings is 7. The summed E-state index contributed by atoms with van der Waals surface area (Å²) in [6.07, 6.45) is 0. The van der Waals surface area contributed by atoms with Crippen molar-refractivity contribution in [3.8, 4) is 22.3 Å². The van der Waals surface area contributed by atoms with E-state index in [1.807, 2.05) is 12.1 Å². The fourth-order valence-corrected chi connectivity index (χ4v) is 6.05. The predicted molar refractivity (Wildman–Crippen MR) is 177 cm³/mol. The Labute approximate surface area is 244 Å². The Morgan fingerprint density at radius 3 is 2.00 bits per heavy atom. The van der Waals surface area contributed by atoms with Crippen molar-refractivity contribution in [1.82, 2.24) is 0 Å². The van der Waals surface area contributed by atoms with Crippen LogP contribution < -0.4 is 4.90 Å². The van der Waals surface area contributed by atoms with Crippen molar-refractivity contribution in [2.24, 2.45) is 0 Å². The molecule has 0 aliphatic carbocycles. The van der Waals surface area contributed by atoms with Crippen molar-refractivity contribution in [1.29, 1.82) is 0 Å². The molecule has 0 spiro atoms. The molecule has 42 heavy (non-hydrogen) atoms. The van der Waals surface area contributed by atoms with Crippen LogP contribution in [0.1, 0.15) is 0 Å². The van der Waals surface area contributed by atoms with Gasteiger partial charge in [0.15, 0.2) is 0 Å². The number of nitrogens with zero attached hydrogens (tertiary/aromatic N) is 1. The van der Waals surface area contributed by atoms with Gasteiger partial charge in [0, 0.05) is 33.3 Å². The zero-order valence-electron chi connectivity index (χ0n) is 22.9. The number of hydrogen-bond acceptors (Lipinski definition) is 2. The molecule has 198 valence electrons. The molecule has 2 nitrogen and oxygen atoms in total. The van der Waals surface area contributed by atoms with Gasteiger partial charge in [-0.05, 0) is 64.4 Å². The van der Waals surface area contributed by atoms with E-state index >= 15 is 0 Å². The first kappa shape index (κ1) is 24.2. The maximum Gasteiger partial charge on any atom is 0.143 e. The lowest BCUT2D eigenvalue weighted by Gasteiger charge is -2.28. The summed E-state index contributed by atoms with van der Waals surface area (Å²) >= 11 is 0. The van der Waals surface area contributed by atoms with E-state index in [-0.39, 0.29) is 0 Å². The van der Waals surface area contributed by atoms with Gasteiger partial charge in [0.05, 0.1) is 5.69 Å². The topological polar surface area (TPSA) is 16.4 Å². The van der Waals surface area contributed by atoms with Gasteiger partial charge in [0.2, 0.25) is 0 Å². The van der Waals surface area contributed by atoms with E-state index in [1.54, 1.807) is 0 Å². The van der Waals surface area contributed by atoms with Crippen LogP contribution in [0.4, 0.5) is 17.1 Å². The Morgan fingerprint density at radius 2 is 1.07 bits per heavy atom. The quantitative estimate of drug-likeness (QED) is 0.217. The van der Waals surface area contributed by atoms with Gasteiger partial charge in [-0.3, -0.25) is 0 Å². The van der Waals surface area contributed by atoms with Gasteiger partial charge >= 0.3 is 0 Å². The van der Waals surface area contributed by atoms with Crippen molar-refractivity contribution >= 4 is 49.8 Å². The number of rotatable bonds is 5. The van der Waals surface area contributed by atoms with E-state index in [2.05, 4.69) is 157 Å². The standard InChI is InChI=1S/C40H27NO/c1-2-15-32(16-3-1)41(33-17-10-14-30(27-33)31-25-24-28-12-4-5-13-29(28)26-31)38-22-8-6-18-34(38)36-20-11-21-37-35-19-7-9-23-39(35)42-40(36)37/h1-27H. The first-order valence-corrected chi connectivity index (χ1v) is 14.3. The molecule has 8 rings (SSSR count). The highest BCUT2D eigenvalue weighted by Crippen LogP contribution is 2.44. The fourth-order valence-electron chi connectivity index (χ4n) is 6.05. The van der Waals surface area contributed by atoms with Gasteiger partial charge in [-0.15, -0.1) is 0 Å². The molecule has 0 N–H and O–H groups in total. The first-order valence-electron chi connectivity index (χ1n) is 14.3. The Morgan fingerprint density at radius 1 is 0.405 bits per heavy atom. The fraction of sp³-hybridized carbons (Fsp3) is 0. The van der Waals surface area contributed by atoms with Crippen LogP contribution >= 0.6 is 0 Å².